The Balaban J connectivity index is 1.53. The van der Waals surface area contributed by atoms with Gasteiger partial charge in [0.2, 0.25) is 0 Å². The third-order valence-electron chi connectivity index (χ3n) is 4.82. The highest BCUT2D eigenvalue weighted by molar-refractivity contribution is 5.94. The topological polar surface area (TPSA) is 72.9 Å². The van der Waals surface area contributed by atoms with Gasteiger partial charge in [-0.2, -0.15) is 5.10 Å². The molecule has 1 aromatic heterocycles. The Kier molecular flexibility index (Phi) is 5.30. The minimum absolute atomic E-state index is 0.0192. The van der Waals surface area contributed by atoms with E-state index >= 15 is 0 Å². The largest absolute Gasteiger partial charge is 0.352 e. The van der Waals surface area contributed by atoms with Crippen LogP contribution in [0.4, 0.5) is 0 Å². The summed E-state index contributed by atoms with van der Waals surface area (Å²) in [5, 5.41) is 7.32. The first kappa shape index (κ1) is 16.7. The molecular weight excluding hydrogens is 300 g/mol. The lowest BCUT2D eigenvalue weighted by atomic mass is 9.85. The molecule has 0 radical (unpaired) electrons. The van der Waals surface area contributed by atoms with Gasteiger partial charge < -0.3 is 11.1 Å². The molecule has 1 aliphatic rings. The number of nitrogens with zero attached hydrogens (tertiary/aromatic N) is 2. The second-order valence-electron chi connectivity index (χ2n) is 6.83. The quantitative estimate of drug-likeness (QED) is 0.886. The van der Waals surface area contributed by atoms with Gasteiger partial charge in [-0.25, -0.2) is 0 Å². The molecule has 5 heteroatoms. The van der Waals surface area contributed by atoms with Crippen LogP contribution in [0.5, 0.6) is 0 Å². The summed E-state index contributed by atoms with van der Waals surface area (Å²) in [5.74, 6) is 0.388. The van der Waals surface area contributed by atoms with E-state index in [9.17, 15) is 4.79 Å². The Morgan fingerprint density at radius 3 is 2.71 bits per heavy atom. The molecule has 2 unspecified atom stereocenters. The molecule has 0 aliphatic heterocycles. The van der Waals surface area contributed by atoms with Crippen LogP contribution in [0.1, 0.15) is 47.2 Å². The highest BCUT2D eigenvalue weighted by Crippen LogP contribution is 2.22. The molecule has 5 nitrogen and oxygen atoms in total. The van der Waals surface area contributed by atoms with E-state index in [1.165, 1.54) is 12.8 Å². The summed E-state index contributed by atoms with van der Waals surface area (Å²) in [7, 11) is 0. The van der Waals surface area contributed by atoms with Gasteiger partial charge in [-0.15, -0.1) is 0 Å². The summed E-state index contributed by atoms with van der Waals surface area (Å²) in [6.45, 7) is 3.41. The lowest BCUT2D eigenvalue weighted by Gasteiger charge is -2.28. The van der Waals surface area contributed by atoms with Crippen molar-refractivity contribution in [3.05, 3.63) is 53.3 Å². The van der Waals surface area contributed by atoms with Crippen molar-refractivity contribution in [2.75, 3.05) is 6.54 Å². The molecule has 3 N–H and O–H groups in total. The Morgan fingerprint density at radius 2 is 2.04 bits per heavy atom. The van der Waals surface area contributed by atoms with Crippen LogP contribution < -0.4 is 11.1 Å². The van der Waals surface area contributed by atoms with Gasteiger partial charge in [0.1, 0.15) is 0 Å². The number of carbonyl (C=O) groups excluding carboxylic acids is 1. The Hall–Kier alpha value is -2.14. The predicted octanol–water partition coefficient (Wildman–Crippen LogP) is 2.49. The minimum Gasteiger partial charge on any atom is -0.352 e. The lowest BCUT2D eigenvalue weighted by molar-refractivity contribution is 0.0941. The van der Waals surface area contributed by atoms with E-state index in [2.05, 4.69) is 10.4 Å². The number of amides is 1. The van der Waals surface area contributed by atoms with Crippen LogP contribution in [0.15, 0.2) is 36.7 Å². The number of nitrogens with one attached hydrogen (secondary N) is 1. The van der Waals surface area contributed by atoms with E-state index in [0.29, 0.717) is 24.6 Å². The van der Waals surface area contributed by atoms with Crippen LogP contribution >= 0.6 is 0 Å². The summed E-state index contributed by atoms with van der Waals surface area (Å²) in [6, 6.07) is 7.94. The molecule has 2 aromatic rings. The third kappa shape index (κ3) is 4.23. The van der Waals surface area contributed by atoms with Crippen molar-refractivity contribution < 1.29 is 4.79 Å². The Labute approximate surface area is 143 Å². The van der Waals surface area contributed by atoms with E-state index in [0.717, 1.165) is 24.0 Å². The highest BCUT2D eigenvalue weighted by Gasteiger charge is 2.22. The maximum Gasteiger partial charge on any atom is 0.251 e. The second kappa shape index (κ2) is 7.62. The maximum atomic E-state index is 12.3. The number of benzene rings is 1. The number of aryl methyl sites for hydroxylation is 1. The van der Waals surface area contributed by atoms with E-state index < -0.39 is 0 Å². The first-order chi connectivity index (χ1) is 11.6. The van der Waals surface area contributed by atoms with Crippen molar-refractivity contribution in [2.24, 2.45) is 11.7 Å². The molecule has 0 bridgehead atoms. The summed E-state index contributed by atoms with van der Waals surface area (Å²) >= 11 is 0. The number of rotatable bonds is 5. The van der Waals surface area contributed by atoms with Crippen molar-refractivity contribution in [1.29, 1.82) is 0 Å². The molecule has 1 aromatic carbocycles. The predicted molar refractivity (Wildman–Crippen MR) is 94.8 cm³/mol. The molecule has 128 valence electrons. The van der Waals surface area contributed by atoms with Crippen molar-refractivity contribution in [1.82, 2.24) is 15.1 Å². The van der Waals surface area contributed by atoms with Crippen LogP contribution in [-0.2, 0) is 6.54 Å². The number of hydrogen-bond acceptors (Lipinski definition) is 3. The SMILES string of the molecule is Cc1cnn(Cc2ccc(C(=O)NCC3CCCCC3N)cc2)c1. The smallest absolute Gasteiger partial charge is 0.251 e. The Morgan fingerprint density at radius 1 is 1.29 bits per heavy atom. The molecule has 2 atom stereocenters. The molecule has 1 heterocycles. The summed E-state index contributed by atoms with van der Waals surface area (Å²) in [4.78, 5) is 12.3. The monoisotopic (exact) mass is 326 g/mol. The molecule has 1 aliphatic carbocycles. The fourth-order valence-corrected chi connectivity index (χ4v) is 3.32. The molecule has 1 amide bonds. The number of aromatic nitrogens is 2. The lowest BCUT2D eigenvalue weighted by Crippen LogP contribution is -2.41. The van der Waals surface area contributed by atoms with Crippen LogP contribution in [0.25, 0.3) is 0 Å². The van der Waals surface area contributed by atoms with E-state index in [4.69, 9.17) is 5.73 Å². The van der Waals surface area contributed by atoms with Crippen molar-refractivity contribution in [3.8, 4) is 0 Å². The average molecular weight is 326 g/mol. The standard InChI is InChI=1S/C19H26N4O/c1-14-10-22-23(12-14)13-15-6-8-16(9-7-15)19(24)21-11-17-4-2-3-5-18(17)20/h6-10,12,17-18H,2-5,11,13,20H2,1H3,(H,21,24). The molecule has 3 rings (SSSR count). The fraction of sp³-hybridized carbons (Fsp3) is 0.474. The number of nitrogens with two attached hydrogens (primary N) is 1. The molecule has 1 saturated carbocycles. The van der Waals surface area contributed by atoms with Gasteiger partial charge in [0.25, 0.3) is 5.91 Å². The van der Waals surface area contributed by atoms with Gasteiger partial charge in [0.15, 0.2) is 0 Å². The van der Waals surface area contributed by atoms with Gasteiger partial charge in [0.05, 0.1) is 12.7 Å². The van der Waals surface area contributed by atoms with Gasteiger partial charge in [-0.05, 0) is 48.9 Å². The summed E-state index contributed by atoms with van der Waals surface area (Å²) in [5.41, 5.74) is 9.11. The molecule has 0 spiro atoms. The van der Waals surface area contributed by atoms with Crippen LogP contribution in [0.3, 0.4) is 0 Å². The zero-order valence-electron chi connectivity index (χ0n) is 14.2. The average Bonchev–Trinajstić information content (AvgIpc) is 2.99. The fourth-order valence-electron chi connectivity index (χ4n) is 3.32. The van der Waals surface area contributed by atoms with Gasteiger partial charge in [0, 0.05) is 24.3 Å². The maximum absolute atomic E-state index is 12.3. The van der Waals surface area contributed by atoms with E-state index in [1.54, 1.807) is 0 Å². The summed E-state index contributed by atoms with van der Waals surface area (Å²) < 4.78 is 1.90. The minimum atomic E-state index is -0.0192. The van der Waals surface area contributed by atoms with Crippen molar-refractivity contribution >= 4 is 5.91 Å². The zero-order valence-corrected chi connectivity index (χ0v) is 14.2. The van der Waals surface area contributed by atoms with Gasteiger partial charge >= 0.3 is 0 Å². The first-order valence-electron chi connectivity index (χ1n) is 8.73. The van der Waals surface area contributed by atoms with Gasteiger partial charge in [-0.3, -0.25) is 9.48 Å². The molecular formula is C19H26N4O. The zero-order chi connectivity index (χ0) is 16.9. The molecule has 24 heavy (non-hydrogen) atoms. The molecule has 0 saturated heterocycles. The van der Waals surface area contributed by atoms with Crippen LogP contribution in [0, 0.1) is 12.8 Å². The molecule has 1 fully saturated rings. The normalized spacial score (nSPS) is 20.8. The van der Waals surface area contributed by atoms with Crippen molar-refractivity contribution in [3.63, 3.8) is 0 Å². The van der Waals surface area contributed by atoms with Crippen LogP contribution in [0.2, 0.25) is 0 Å². The Bertz CT molecular complexity index is 677. The first-order valence-corrected chi connectivity index (χ1v) is 8.73. The number of hydrogen-bond donors (Lipinski definition) is 2. The second-order valence-corrected chi connectivity index (χ2v) is 6.83. The highest BCUT2D eigenvalue weighted by atomic mass is 16.1. The summed E-state index contributed by atoms with van der Waals surface area (Å²) in [6.07, 6.45) is 8.47. The van der Waals surface area contributed by atoms with Crippen molar-refractivity contribution in [2.45, 2.75) is 45.2 Å². The third-order valence-corrected chi connectivity index (χ3v) is 4.82. The van der Waals surface area contributed by atoms with E-state index in [1.807, 2.05) is 48.3 Å². The van der Waals surface area contributed by atoms with Crippen LogP contribution in [-0.4, -0.2) is 28.3 Å². The van der Waals surface area contributed by atoms with E-state index in [-0.39, 0.29) is 11.9 Å². The van der Waals surface area contributed by atoms with Gasteiger partial charge in [-0.1, -0.05) is 25.0 Å². The number of carbonyl (C=O) groups is 1.